The second-order valence-corrected chi connectivity index (χ2v) is 9.20. The third-order valence-electron chi connectivity index (χ3n) is 7.83. The molecule has 1 aromatic carbocycles. The number of thiol groups is 1. The standard InChI is InChI=1S/C22H30S/c1-4-5-15-12-16-13-17(23)7-8-18(16)19-10-11-22(3)14(2)6-9-20(22)21(15)19/h4,7-8,13-15,19-21,23H,1,5-6,9-12H2,2-3H3/t14?,15-,19?,20?,21?,22?/m1/s1. The Labute approximate surface area is 147 Å². The Balaban J connectivity index is 1.77. The van der Waals surface area contributed by atoms with Crippen LogP contribution in [0.1, 0.15) is 63.0 Å². The molecule has 0 N–H and O–H groups in total. The summed E-state index contributed by atoms with van der Waals surface area (Å²) in [5.74, 6) is 4.26. The summed E-state index contributed by atoms with van der Waals surface area (Å²) >= 11 is 4.58. The van der Waals surface area contributed by atoms with Gasteiger partial charge in [-0.05, 0) is 96.8 Å². The molecule has 3 aliphatic carbocycles. The van der Waals surface area contributed by atoms with E-state index >= 15 is 0 Å². The zero-order chi connectivity index (χ0) is 16.2. The molecule has 124 valence electrons. The van der Waals surface area contributed by atoms with E-state index in [1.807, 2.05) is 0 Å². The normalized spacial score (nSPS) is 41.8. The third kappa shape index (κ3) is 2.34. The van der Waals surface area contributed by atoms with Crippen LogP contribution < -0.4 is 0 Å². The van der Waals surface area contributed by atoms with Crippen LogP contribution in [-0.4, -0.2) is 0 Å². The highest BCUT2D eigenvalue weighted by Crippen LogP contribution is 2.64. The van der Waals surface area contributed by atoms with Gasteiger partial charge >= 0.3 is 0 Å². The molecule has 0 amide bonds. The lowest BCUT2D eigenvalue weighted by Gasteiger charge is -2.53. The Morgan fingerprint density at radius 2 is 2.13 bits per heavy atom. The fourth-order valence-corrected chi connectivity index (χ4v) is 6.71. The molecule has 0 heterocycles. The van der Waals surface area contributed by atoms with Crippen molar-refractivity contribution in [2.75, 3.05) is 0 Å². The van der Waals surface area contributed by atoms with Crippen LogP contribution in [0.3, 0.4) is 0 Å². The predicted molar refractivity (Wildman–Crippen MR) is 101 cm³/mol. The number of fused-ring (bicyclic) bond motifs is 5. The quantitative estimate of drug-likeness (QED) is 0.480. The first-order chi connectivity index (χ1) is 11.0. The summed E-state index contributed by atoms with van der Waals surface area (Å²) in [7, 11) is 0. The molecule has 6 atom stereocenters. The average Bonchev–Trinajstić information content (AvgIpc) is 2.83. The molecule has 23 heavy (non-hydrogen) atoms. The van der Waals surface area contributed by atoms with Crippen LogP contribution in [-0.2, 0) is 6.42 Å². The molecule has 0 radical (unpaired) electrons. The molecule has 4 rings (SSSR count). The van der Waals surface area contributed by atoms with E-state index in [0.717, 1.165) is 34.5 Å². The first-order valence-corrected chi connectivity index (χ1v) is 9.92. The van der Waals surface area contributed by atoms with E-state index in [1.165, 1.54) is 38.5 Å². The first kappa shape index (κ1) is 15.8. The van der Waals surface area contributed by atoms with Gasteiger partial charge in [-0.25, -0.2) is 0 Å². The Kier molecular flexibility index (Phi) is 3.91. The van der Waals surface area contributed by atoms with Crippen LogP contribution in [0.25, 0.3) is 0 Å². The van der Waals surface area contributed by atoms with Crippen LogP contribution in [0.2, 0.25) is 0 Å². The van der Waals surface area contributed by atoms with Crippen molar-refractivity contribution in [3.63, 3.8) is 0 Å². The van der Waals surface area contributed by atoms with Crippen molar-refractivity contribution in [1.29, 1.82) is 0 Å². The molecule has 0 nitrogen and oxygen atoms in total. The van der Waals surface area contributed by atoms with Gasteiger partial charge in [0.1, 0.15) is 0 Å². The monoisotopic (exact) mass is 326 g/mol. The lowest BCUT2D eigenvalue weighted by molar-refractivity contribution is 0.00617. The minimum absolute atomic E-state index is 0.585. The summed E-state index contributed by atoms with van der Waals surface area (Å²) in [5.41, 5.74) is 3.80. The summed E-state index contributed by atoms with van der Waals surface area (Å²) in [6, 6.07) is 6.92. The molecule has 0 aromatic heterocycles. The highest BCUT2D eigenvalue weighted by Gasteiger charge is 2.55. The van der Waals surface area contributed by atoms with Crippen LogP contribution in [0, 0.1) is 29.1 Å². The molecular formula is C22H30S. The molecule has 0 spiro atoms. The lowest BCUT2D eigenvalue weighted by atomic mass is 9.51. The molecular weight excluding hydrogens is 296 g/mol. The maximum absolute atomic E-state index is 4.58. The molecule has 0 aliphatic heterocycles. The molecule has 1 heteroatoms. The number of hydrogen-bond donors (Lipinski definition) is 1. The van der Waals surface area contributed by atoms with Crippen LogP contribution in [0.5, 0.6) is 0 Å². The number of allylic oxidation sites excluding steroid dienone is 1. The first-order valence-electron chi connectivity index (χ1n) is 9.47. The molecule has 3 aliphatic rings. The summed E-state index contributed by atoms with van der Waals surface area (Å²) in [6.07, 6.45) is 10.3. The highest BCUT2D eigenvalue weighted by molar-refractivity contribution is 7.80. The van der Waals surface area contributed by atoms with Crippen LogP contribution >= 0.6 is 12.6 Å². The molecule has 2 saturated carbocycles. The Morgan fingerprint density at radius 3 is 2.91 bits per heavy atom. The zero-order valence-corrected chi connectivity index (χ0v) is 15.5. The van der Waals surface area contributed by atoms with E-state index in [1.54, 1.807) is 11.1 Å². The van der Waals surface area contributed by atoms with Gasteiger partial charge in [-0.2, -0.15) is 0 Å². The fraction of sp³-hybridized carbons (Fsp3) is 0.636. The maximum Gasteiger partial charge on any atom is 0.00429 e. The topological polar surface area (TPSA) is 0 Å². The zero-order valence-electron chi connectivity index (χ0n) is 14.6. The van der Waals surface area contributed by atoms with E-state index in [-0.39, 0.29) is 0 Å². The average molecular weight is 327 g/mol. The SMILES string of the molecule is C=CC[C@@H]1Cc2cc(S)ccc2C2CCC3(C)C(C)CCC3C21. The summed E-state index contributed by atoms with van der Waals surface area (Å²) in [6.45, 7) is 9.18. The van der Waals surface area contributed by atoms with E-state index in [0.29, 0.717) is 5.41 Å². The Bertz CT molecular complexity index is 618. The highest BCUT2D eigenvalue weighted by atomic mass is 32.1. The predicted octanol–water partition coefficient (Wildman–Crippen LogP) is 6.27. The number of hydrogen-bond acceptors (Lipinski definition) is 1. The van der Waals surface area contributed by atoms with E-state index < -0.39 is 0 Å². The van der Waals surface area contributed by atoms with Crippen molar-refractivity contribution >= 4 is 12.6 Å². The Morgan fingerprint density at radius 1 is 1.30 bits per heavy atom. The van der Waals surface area contributed by atoms with Crippen molar-refractivity contribution < 1.29 is 0 Å². The van der Waals surface area contributed by atoms with Gasteiger partial charge in [0.15, 0.2) is 0 Å². The van der Waals surface area contributed by atoms with Crippen LogP contribution in [0.15, 0.2) is 35.7 Å². The van der Waals surface area contributed by atoms with Gasteiger partial charge in [0, 0.05) is 4.90 Å². The van der Waals surface area contributed by atoms with Gasteiger partial charge in [-0.1, -0.05) is 26.0 Å². The van der Waals surface area contributed by atoms with Crippen molar-refractivity contribution in [2.24, 2.45) is 29.1 Å². The summed E-state index contributed by atoms with van der Waals surface area (Å²) in [5, 5.41) is 0. The second kappa shape index (κ2) is 5.69. The number of rotatable bonds is 2. The fourth-order valence-electron chi connectivity index (χ4n) is 6.48. The molecule has 2 fully saturated rings. The second-order valence-electron chi connectivity index (χ2n) is 8.68. The summed E-state index contributed by atoms with van der Waals surface area (Å²) in [4.78, 5) is 1.12. The largest absolute Gasteiger partial charge is 0.143 e. The van der Waals surface area contributed by atoms with Gasteiger partial charge < -0.3 is 0 Å². The smallest absolute Gasteiger partial charge is 0.00429 e. The van der Waals surface area contributed by atoms with E-state index in [9.17, 15) is 0 Å². The lowest BCUT2D eigenvalue weighted by Crippen LogP contribution is -2.45. The molecule has 5 unspecified atom stereocenters. The maximum atomic E-state index is 4.58. The minimum Gasteiger partial charge on any atom is -0.143 e. The Hall–Kier alpha value is -0.690. The van der Waals surface area contributed by atoms with Crippen molar-refractivity contribution in [3.8, 4) is 0 Å². The molecule has 0 saturated heterocycles. The van der Waals surface area contributed by atoms with Gasteiger partial charge in [0.05, 0.1) is 0 Å². The molecule has 0 bridgehead atoms. The van der Waals surface area contributed by atoms with E-state index in [4.69, 9.17) is 0 Å². The third-order valence-corrected chi connectivity index (χ3v) is 8.11. The van der Waals surface area contributed by atoms with Crippen molar-refractivity contribution in [3.05, 3.63) is 42.0 Å². The van der Waals surface area contributed by atoms with Gasteiger partial charge in [-0.3, -0.25) is 0 Å². The van der Waals surface area contributed by atoms with Gasteiger partial charge in [0.2, 0.25) is 0 Å². The van der Waals surface area contributed by atoms with Gasteiger partial charge in [0.25, 0.3) is 0 Å². The van der Waals surface area contributed by atoms with Gasteiger partial charge in [-0.15, -0.1) is 19.2 Å². The summed E-state index contributed by atoms with van der Waals surface area (Å²) < 4.78 is 0. The molecule has 1 aromatic rings. The number of benzene rings is 1. The van der Waals surface area contributed by atoms with Crippen LogP contribution in [0.4, 0.5) is 0 Å². The minimum atomic E-state index is 0.585. The van der Waals surface area contributed by atoms with Crippen molar-refractivity contribution in [2.45, 2.75) is 63.2 Å². The van der Waals surface area contributed by atoms with E-state index in [2.05, 4.69) is 57.3 Å². The van der Waals surface area contributed by atoms with Crippen molar-refractivity contribution in [1.82, 2.24) is 0 Å².